The molecule has 0 radical (unpaired) electrons. The quantitative estimate of drug-likeness (QED) is 0.782. The van der Waals surface area contributed by atoms with Gasteiger partial charge < -0.3 is 14.6 Å². The number of halogens is 1. The Kier molecular flexibility index (Phi) is 5.60. The van der Waals surface area contributed by atoms with Crippen LogP contribution in [0.25, 0.3) is 0 Å². The maximum atomic E-state index is 9.37. The zero-order valence-corrected chi connectivity index (χ0v) is 10.3. The van der Waals surface area contributed by atoms with E-state index in [4.69, 9.17) is 21.1 Å². The molecule has 0 saturated heterocycles. The molecule has 0 aliphatic rings. The van der Waals surface area contributed by atoms with E-state index in [9.17, 15) is 5.11 Å². The Balaban J connectivity index is 2.54. The molecule has 0 heterocycles. The highest BCUT2D eigenvalue weighted by molar-refractivity contribution is 6.32. The maximum absolute atomic E-state index is 9.37. The summed E-state index contributed by atoms with van der Waals surface area (Å²) < 4.78 is 10.4. The average molecular weight is 245 g/mol. The van der Waals surface area contributed by atoms with Gasteiger partial charge in [-0.2, -0.15) is 0 Å². The number of hydrogen-bond acceptors (Lipinski definition) is 3. The van der Waals surface area contributed by atoms with Crippen molar-refractivity contribution in [2.24, 2.45) is 0 Å². The van der Waals surface area contributed by atoms with Crippen molar-refractivity contribution in [2.75, 3.05) is 20.3 Å². The lowest BCUT2D eigenvalue weighted by Gasteiger charge is -2.10. The molecule has 0 aromatic heterocycles. The molecule has 3 nitrogen and oxygen atoms in total. The predicted molar refractivity (Wildman–Crippen MR) is 64.1 cm³/mol. The molecule has 1 N–H and O–H groups in total. The van der Waals surface area contributed by atoms with E-state index in [2.05, 4.69) is 0 Å². The van der Waals surface area contributed by atoms with Crippen LogP contribution in [-0.4, -0.2) is 25.4 Å². The van der Waals surface area contributed by atoms with E-state index < -0.39 is 6.10 Å². The molecule has 1 aromatic rings. The van der Waals surface area contributed by atoms with Crippen LogP contribution >= 0.6 is 11.6 Å². The summed E-state index contributed by atoms with van der Waals surface area (Å²) in [6.07, 6.45) is 0.311. The van der Waals surface area contributed by atoms with Crippen LogP contribution in [0.5, 0.6) is 5.75 Å². The standard InChI is InChI=1S/C12H17ClO3/c1-9(14)10-4-5-12(11(13)8-10)16-7-3-6-15-2/h4-5,8-9,14H,3,6-7H2,1-2H3. The van der Waals surface area contributed by atoms with Crippen molar-refractivity contribution in [3.8, 4) is 5.75 Å². The molecule has 0 amide bonds. The van der Waals surface area contributed by atoms with E-state index in [1.807, 2.05) is 6.07 Å². The van der Waals surface area contributed by atoms with Crippen LogP contribution in [0.3, 0.4) is 0 Å². The molecule has 1 atom stereocenters. The first-order valence-electron chi connectivity index (χ1n) is 5.24. The number of rotatable bonds is 6. The van der Waals surface area contributed by atoms with Crippen molar-refractivity contribution < 1.29 is 14.6 Å². The molecule has 0 saturated carbocycles. The predicted octanol–water partition coefficient (Wildman–Crippen LogP) is 2.81. The number of hydrogen-bond donors (Lipinski definition) is 1. The summed E-state index contributed by atoms with van der Waals surface area (Å²) >= 11 is 6.02. The lowest BCUT2D eigenvalue weighted by molar-refractivity contribution is 0.172. The van der Waals surface area contributed by atoms with E-state index in [0.717, 1.165) is 12.0 Å². The van der Waals surface area contributed by atoms with Crippen LogP contribution in [0, 0.1) is 0 Å². The van der Waals surface area contributed by atoms with Crippen molar-refractivity contribution in [3.05, 3.63) is 28.8 Å². The molecule has 0 fully saturated rings. The highest BCUT2D eigenvalue weighted by Gasteiger charge is 2.06. The van der Waals surface area contributed by atoms with Crippen LogP contribution in [0.15, 0.2) is 18.2 Å². The van der Waals surface area contributed by atoms with Crippen molar-refractivity contribution in [1.82, 2.24) is 0 Å². The average Bonchev–Trinajstić information content (AvgIpc) is 2.26. The fraction of sp³-hybridized carbons (Fsp3) is 0.500. The van der Waals surface area contributed by atoms with Gasteiger partial charge in [-0.1, -0.05) is 17.7 Å². The molecule has 4 heteroatoms. The summed E-state index contributed by atoms with van der Waals surface area (Å²) in [5.74, 6) is 0.641. The molecule has 16 heavy (non-hydrogen) atoms. The van der Waals surface area contributed by atoms with Gasteiger partial charge in [0.1, 0.15) is 5.75 Å². The smallest absolute Gasteiger partial charge is 0.137 e. The van der Waals surface area contributed by atoms with E-state index in [-0.39, 0.29) is 0 Å². The minimum atomic E-state index is -0.514. The molecule has 1 rings (SSSR count). The van der Waals surface area contributed by atoms with Gasteiger partial charge in [-0.25, -0.2) is 0 Å². The van der Waals surface area contributed by atoms with Gasteiger partial charge in [0.05, 0.1) is 17.7 Å². The maximum Gasteiger partial charge on any atom is 0.137 e. The van der Waals surface area contributed by atoms with Crippen LogP contribution < -0.4 is 4.74 Å². The fourth-order valence-electron chi connectivity index (χ4n) is 1.28. The first kappa shape index (κ1) is 13.3. The zero-order chi connectivity index (χ0) is 12.0. The number of methoxy groups -OCH3 is 1. The van der Waals surface area contributed by atoms with Crippen molar-refractivity contribution in [2.45, 2.75) is 19.4 Å². The van der Waals surface area contributed by atoms with Crippen LogP contribution in [0.4, 0.5) is 0 Å². The largest absolute Gasteiger partial charge is 0.492 e. The van der Waals surface area contributed by atoms with Gasteiger partial charge >= 0.3 is 0 Å². The van der Waals surface area contributed by atoms with Crippen LogP contribution in [0.1, 0.15) is 25.0 Å². The van der Waals surface area contributed by atoms with Crippen molar-refractivity contribution >= 4 is 11.6 Å². The summed E-state index contributed by atoms with van der Waals surface area (Å²) in [5.41, 5.74) is 0.786. The third-order valence-corrected chi connectivity index (χ3v) is 2.48. The van der Waals surface area contributed by atoms with Crippen LogP contribution in [0.2, 0.25) is 5.02 Å². The van der Waals surface area contributed by atoms with E-state index in [1.165, 1.54) is 0 Å². The Bertz CT molecular complexity index is 326. The number of benzene rings is 1. The lowest BCUT2D eigenvalue weighted by Crippen LogP contribution is -2.02. The first-order chi connectivity index (χ1) is 7.65. The first-order valence-corrected chi connectivity index (χ1v) is 5.62. The summed E-state index contributed by atoms with van der Waals surface area (Å²) in [7, 11) is 1.66. The van der Waals surface area contributed by atoms with Gasteiger partial charge in [0, 0.05) is 20.1 Å². The summed E-state index contributed by atoms with van der Waals surface area (Å²) in [5, 5.41) is 9.89. The van der Waals surface area contributed by atoms with Crippen molar-refractivity contribution in [3.63, 3.8) is 0 Å². The Morgan fingerprint density at radius 3 is 2.69 bits per heavy atom. The SMILES string of the molecule is COCCCOc1ccc(C(C)O)cc1Cl. The number of aliphatic hydroxyl groups is 1. The third kappa shape index (κ3) is 4.00. The summed E-state index contributed by atoms with van der Waals surface area (Å²) in [6, 6.07) is 5.30. The second kappa shape index (κ2) is 6.74. The molecular weight excluding hydrogens is 228 g/mol. The normalized spacial score (nSPS) is 12.5. The van der Waals surface area contributed by atoms with Crippen molar-refractivity contribution in [1.29, 1.82) is 0 Å². The molecule has 1 unspecified atom stereocenters. The molecule has 0 spiro atoms. The van der Waals surface area contributed by atoms with Crippen LogP contribution in [-0.2, 0) is 4.74 Å². The number of aliphatic hydroxyl groups excluding tert-OH is 1. The molecule has 0 aliphatic heterocycles. The highest BCUT2D eigenvalue weighted by atomic mass is 35.5. The lowest BCUT2D eigenvalue weighted by atomic mass is 10.1. The molecule has 90 valence electrons. The number of ether oxygens (including phenoxy) is 2. The van der Waals surface area contributed by atoms with E-state index in [0.29, 0.717) is 24.0 Å². The second-order valence-electron chi connectivity index (χ2n) is 3.56. The Morgan fingerprint density at radius 2 is 2.12 bits per heavy atom. The Labute approximate surface area is 101 Å². The third-order valence-electron chi connectivity index (χ3n) is 2.19. The molecule has 1 aromatic carbocycles. The zero-order valence-electron chi connectivity index (χ0n) is 9.57. The summed E-state index contributed by atoms with van der Waals surface area (Å²) in [4.78, 5) is 0. The minimum Gasteiger partial charge on any atom is -0.492 e. The molecular formula is C12H17ClO3. The van der Waals surface area contributed by atoms with Gasteiger partial charge in [0.25, 0.3) is 0 Å². The van der Waals surface area contributed by atoms with Gasteiger partial charge in [-0.05, 0) is 24.6 Å². The van der Waals surface area contributed by atoms with E-state index in [1.54, 1.807) is 26.2 Å². The highest BCUT2D eigenvalue weighted by Crippen LogP contribution is 2.27. The minimum absolute atomic E-state index is 0.514. The van der Waals surface area contributed by atoms with Gasteiger partial charge in [-0.15, -0.1) is 0 Å². The molecule has 0 bridgehead atoms. The van der Waals surface area contributed by atoms with E-state index >= 15 is 0 Å². The second-order valence-corrected chi connectivity index (χ2v) is 3.97. The molecule has 0 aliphatic carbocycles. The summed E-state index contributed by atoms with van der Waals surface area (Å²) in [6.45, 7) is 2.94. The Hall–Kier alpha value is -0.770. The van der Waals surface area contributed by atoms with Gasteiger partial charge in [0.15, 0.2) is 0 Å². The van der Waals surface area contributed by atoms with Gasteiger partial charge in [0.2, 0.25) is 0 Å². The Morgan fingerprint density at radius 1 is 1.38 bits per heavy atom. The monoisotopic (exact) mass is 244 g/mol. The topological polar surface area (TPSA) is 38.7 Å². The van der Waals surface area contributed by atoms with Gasteiger partial charge in [-0.3, -0.25) is 0 Å². The fourth-order valence-corrected chi connectivity index (χ4v) is 1.52.